The third-order valence-electron chi connectivity index (χ3n) is 2.14. The van der Waals surface area contributed by atoms with Crippen molar-refractivity contribution in [1.82, 2.24) is 5.32 Å². The molecular formula is C11H11N2O2. The third-order valence-corrected chi connectivity index (χ3v) is 2.14. The molecule has 1 radical (unpaired) electrons. The van der Waals surface area contributed by atoms with Gasteiger partial charge in [-0.15, -0.1) is 0 Å². The monoisotopic (exact) mass is 203 g/mol. The van der Waals surface area contributed by atoms with E-state index in [2.05, 4.69) is 10.3 Å². The van der Waals surface area contributed by atoms with Gasteiger partial charge in [-0.25, -0.2) is 10.3 Å². The van der Waals surface area contributed by atoms with Crippen molar-refractivity contribution in [3.8, 4) is 11.5 Å². The minimum atomic E-state index is 0.760. The number of hydrogen-bond acceptors (Lipinski definition) is 3. The molecule has 0 N–H and O–H groups in total. The van der Waals surface area contributed by atoms with Crippen LogP contribution >= 0.6 is 0 Å². The Morgan fingerprint density at radius 3 is 2.60 bits per heavy atom. The summed E-state index contributed by atoms with van der Waals surface area (Å²) in [5, 5.41) is 3.92. The Morgan fingerprint density at radius 2 is 2.00 bits per heavy atom. The second-order valence-corrected chi connectivity index (χ2v) is 2.97. The predicted molar refractivity (Wildman–Crippen MR) is 58.1 cm³/mol. The fourth-order valence-electron chi connectivity index (χ4n) is 1.39. The van der Waals surface area contributed by atoms with E-state index in [1.165, 1.54) is 6.34 Å². The number of benzene rings is 1. The summed E-state index contributed by atoms with van der Waals surface area (Å²) in [6, 6.07) is 5.57. The van der Waals surface area contributed by atoms with E-state index in [0.29, 0.717) is 0 Å². The van der Waals surface area contributed by atoms with Gasteiger partial charge in [-0.05, 0) is 18.2 Å². The molecule has 0 bridgehead atoms. The molecule has 0 aromatic heterocycles. The van der Waals surface area contributed by atoms with Crippen LogP contribution in [0.25, 0.3) is 5.70 Å². The first kappa shape index (κ1) is 9.58. The highest BCUT2D eigenvalue weighted by atomic mass is 16.5. The van der Waals surface area contributed by atoms with E-state index in [0.717, 1.165) is 22.8 Å². The molecule has 0 amide bonds. The van der Waals surface area contributed by atoms with Crippen LogP contribution in [0.3, 0.4) is 0 Å². The molecule has 1 heterocycles. The molecule has 77 valence electrons. The highest BCUT2D eigenvalue weighted by Gasteiger charge is 2.11. The summed E-state index contributed by atoms with van der Waals surface area (Å²) in [5.41, 5.74) is 1.67. The maximum Gasteiger partial charge on any atom is 0.128 e. The molecule has 4 heteroatoms. The highest BCUT2D eigenvalue weighted by Crippen LogP contribution is 2.31. The highest BCUT2D eigenvalue weighted by molar-refractivity contribution is 5.81. The molecule has 0 atom stereocenters. The number of hydrogen-bond donors (Lipinski definition) is 0. The zero-order valence-corrected chi connectivity index (χ0v) is 8.60. The smallest absolute Gasteiger partial charge is 0.128 e. The summed E-state index contributed by atoms with van der Waals surface area (Å²) in [6.45, 7) is 0. The Balaban J connectivity index is 2.46. The first-order chi connectivity index (χ1) is 7.35. The van der Waals surface area contributed by atoms with Gasteiger partial charge in [-0.1, -0.05) is 0 Å². The standard InChI is InChI=1S/C11H11N2O2/c1-14-8-3-4-11(15-2)9(5-8)10-6-12-7-13-10/h3-7H,1-2H3. The van der Waals surface area contributed by atoms with E-state index in [1.807, 2.05) is 18.2 Å². The van der Waals surface area contributed by atoms with Gasteiger partial charge in [0, 0.05) is 5.56 Å². The third kappa shape index (κ3) is 1.79. The number of nitrogens with zero attached hydrogens (tertiary/aromatic N) is 2. The Bertz CT molecular complexity index is 425. The lowest BCUT2D eigenvalue weighted by Gasteiger charge is -2.08. The van der Waals surface area contributed by atoms with E-state index in [-0.39, 0.29) is 0 Å². The van der Waals surface area contributed by atoms with Crippen molar-refractivity contribution in [2.45, 2.75) is 0 Å². The van der Waals surface area contributed by atoms with E-state index in [9.17, 15) is 0 Å². The molecule has 0 spiro atoms. The molecule has 4 nitrogen and oxygen atoms in total. The van der Waals surface area contributed by atoms with Crippen molar-refractivity contribution in [3.05, 3.63) is 30.0 Å². The van der Waals surface area contributed by atoms with Gasteiger partial charge in [-0.3, -0.25) is 0 Å². The first-order valence-electron chi connectivity index (χ1n) is 4.50. The normalized spacial score (nSPS) is 13.3. The Morgan fingerprint density at radius 1 is 1.13 bits per heavy atom. The van der Waals surface area contributed by atoms with Crippen LogP contribution < -0.4 is 14.8 Å². The largest absolute Gasteiger partial charge is 0.497 e. The molecule has 0 unspecified atom stereocenters. The quantitative estimate of drug-likeness (QED) is 0.749. The summed E-state index contributed by atoms with van der Waals surface area (Å²) in [7, 11) is 3.25. The lowest BCUT2D eigenvalue weighted by molar-refractivity contribution is 0.402. The zero-order valence-electron chi connectivity index (χ0n) is 8.60. The molecule has 0 saturated heterocycles. The number of methoxy groups -OCH3 is 2. The number of rotatable bonds is 3. The Hall–Kier alpha value is -1.97. The van der Waals surface area contributed by atoms with Crippen LogP contribution in [0.1, 0.15) is 5.56 Å². The first-order valence-corrected chi connectivity index (χ1v) is 4.50. The van der Waals surface area contributed by atoms with Crippen LogP contribution in [0.5, 0.6) is 11.5 Å². The van der Waals surface area contributed by atoms with E-state index < -0.39 is 0 Å². The van der Waals surface area contributed by atoms with Crippen LogP contribution in [-0.4, -0.2) is 20.6 Å². The fourth-order valence-corrected chi connectivity index (χ4v) is 1.39. The zero-order chi connectivity index (χ0) is 10.7. The molecule has 15 heavy (non-hydrogen) atoms. The van der Waals surface area contributed by atoms with E-state index in [1.54, 1.807) is 20.4 Å². The van der Waals surface area contributed by atoms with Gasteiger partial charge in [-0.2, -0.15) is 0 Å². The summed E-state index contributed by atoms with van der Waals surface area (Å²) in [4.78, 5) is 4.12. The topological polar surface area (TPSA) is 44.9 Å². The van der Waals surface area contributed by atoms with Gasteiger partial charge >= 0.3 is 0 Å². The molecule has 0 fully saturated rings. The lowest BCUT2D eigenvalue weighted by Crippen LogP contribution is -1.92. The van der Waals surface area contributed by atoms with Crippen molar-refractivity contribution in [2.75, 3.05) is 14.2 Å². The molecule has 1 aromatic carbocycles. The maximum absolute atomic E-state index is 5.25. The lowest BCUT2D eigenvalue weighted by atomic mass is 10.1. The summed E-state index contributed by atoms with van der Waals surface area (Å²) >= 11 is 0. The van der Waals surface area contributed by atoms with Crippen molar-refractivity contribution in [1.29, 1.82) is 0 Å². The van der Waals surface area contributed by atoms with Crippen molar-refractivity contribution >= 4 is 12.0 Å². The average molecular weight is 203 g/mol. The van der Waals surface area contributed by atoms with Crippen LogP contribution in [0.4, 0.5) is 0 Å². The van der Waals surface area contributed by atoms with E-state index >= 15 is 0 Å². The molecule has 0 aliphatic carbocycles. The van der Waals surface area contributed by atoms with Crippen LogP contribution in [0.2, 0.25) is 0 Å². The van der Waals surface area contributed by atoms with Crippen molar-refractivity contribution in [3.63, 3.8) is 0 Å². The average Bonchev–Trinajstić information content (AvgIpc) is 2.81. The predicted octanol–water partition coefficient (Wildman–Crippen LogP) is 1.65. The van der Waals surface area contributed by atoms with Gasteiger partial charge in [0.2, 0.25) is 0 Å². The van der Waals surface area contributed by atoms with Gasteiger partial charge in [0.25, 0.3) is 0 Å². The van der Waals surface area contributed by atoms with Gasteiger partial charge in [0.05, 0.1) is 26.1 Å². The fraction of sp³-hybridized carbons (Fsp3) is 0.182. The molecule has 0 saturated carbocycles. The van der Waals surface area contributed by atoms with Crippen LogP contribution in [0, 0.1) is 0 Å². The summed E-state index contributed by atoms with van der Waals surface area (Å²) in [5.74, 6) is 1.53. The van der Waals surface area contributed by atoms with E-state index in [4.69, 9.17) is 9.47 Å². The summed E-state index contributed by atoms with van der Waals surface area (Å²) < 4.78 is 10.4. The Kier molecular flexibility index (Phi) is 2.58. The maximum atomic E-state index is 5.25. The number of ether oxygens (including phenoxy) is 2. The minimum Gasteiger partial charge on any atom is -0.497 e. The van der Waals surface area contributed by atoms with Gasteiger partial charge < -0.3 is 9.47 Å². The SMILES string of the molecule is COc1ccc(OC)c(C2=C[N]C=N2)c1. The van der Waals surface area contributed by atoms with Crippen molar-refractivity contribution in [2.24, 2.45) is 4.99 Å². The summed E-state index contributed by atoms with van der Waals surface area (Å²) in [6.07, 6.45) is 3.20. The Labute approximate surface area is 88.2 Å². The van der Waals surface area contributed by atoms with Gasteiger partial charge in [0.1, 0.15) is 17.8 Å². The second kappa shape index (κ2) is 4.04. The van der Waals surface area contributed by atoms with Gasteiger partial charge in [0.15, 0.2) is 0 Å². The molecule has 1 aliphatic rings. The van der Waals surface area contributed by atoms with Crippen molar-refractivity contribution < 1.29 is 9.47 Å². The van der Waals surface area contributed by atoms with Crippen LogP contribution in [-0.2, 0) is 0 Å². The minimum absolute atomic E-state index is 0.760. The molecule has 1 aliphatic heterocycles. The molecule has 2 rings (SSSR count). The van der Waals surface area contributed by atoms with Crippen LogP contribution in [0.15, 0.2) is 29.4 Å². The second-order valence-electron chi connectivity index (χ2n) is 2.97. The number of aliphatic imine (C=N–C) groups is 1. The molecular weight excluding hydrogens is 192 g/mol. The molecule has 1 aromatic rings.